The standard InChI is InChI=1S/C24H28N4O5S/c1-28-19-6-5-16(9-22(29)25-10-14-2-3-14)33-21(19)11-32-20-7-4-15(8-17(20)24(28)31)27-23(30)18-12-34-13-26-18/h4,7-8,12-14,16,19,21H,2-3,5-6,9-11H2,1H3,(H,25,29)(H,27,30)/t16-,19+,21-/m0/s1. The number of hydrogen-bond acceptors (Lipinski definition) is 7. The van der Waals surface area contributed by atoms with Crippen LogP contribution in [0, 0.1) is 5.92 Å². The lowest BCUT2D eigenvalue weighted by Gasteiger charge is -2.42. The molecule has 2 fully saturated rings. The number of amides is 3. The van der Waals surface area contributed by atoms with E-state index in [2.05, 4.69) is 15.6 Å². The highest BCUT2D eigenvalue weighted by molar-refractivity contribution is 7.07. The Morgan fingerprint density at radius 1 is 1.24 bits per heavy atom. The average Bonchev–Trinajstić information content (AvgIpc) is 3.50. The van der Waals surface area contributed by atoms with Crippen molar-refractivity contribution in [3.8, 4) is 5.75 Å². The maximum atomic E-state index is 13.3. The van der Waals surface area contributed by atoms with Crippen LogP contribution < -0.4 is 15.4 Å². The van der Waals surface area contributed by atoms with Gasteiger partial charge in [-0.1, -0.05) is 0 Å². The molecule has 1 saturated heterocycles. The number of benzene rings is 1. The van der Waals surface area contributed by atoms with E-state index in [0.717, 1.165) is 13.0 Å². The molecule has 3 amide bonds. The summed E-state index contributed by atoms with van der Waals surface area (Å²) in [5.74, 6) is 0.569. The van der Waals surface area contributed by atoms with E-state index in [4.69, 9.17) is 9.47 Å². The molecular weight excluding hydrogens is 456 g/mol. The van der Waals surface area contributed by atoms with Crippen LogP contribution in [0.5, 0.6) is 5.75 Å². The number of nitrogens with one attached hydrogen (secondary N) is 2. The number of nitrogens with zero attached hydrogens (tertiary/aromatic N) is 2. The molecule has 0 unspecified atom stereocenters. The van der Waals surface area contributed by atoms with Gasteiger partial charge in [0.05, 0.1) is 29.6 Å². The molecule has 34 heavy (non-hydrogen) atoms. The third-order valence-electron chi connectivity index (χ3n) is 6.63. The van der Waals surface area contributed by atoms with Gasteiger partial charge in [0.1, 0.15) is 24.2 Å². The normalized spacial score (nSPS) is 24.2. The van der Waals surface area contributed by atoms with E-state index >= 15 is 0 Å². The summed E-state index contributed by atoms with van der Waals surface area (Å²) in [5.41, 5.74) is 2.81. The molecule has 2 aliphatic heterocycles. The van der Waals surface area contributed by atoms with Crippen molar-refractivity contribution in [2.24, 2.45) is 5.92 Å². The first-order valence-electron chi connectivity index (χ1n) is 11.6. The molecule has 0 bridgehead atoms. The maximum Gasteiger partial charge on any atom is 0.275 e. The van der Waals surface area contributed by atoms with Gasteiger partial charge in [0, 0.05) is 24.7 Å². The van der Waals surface area contributed by atoms with Crippen LogP contribution in [0.25, 0.3) is 0 Å². The molecule has 10 heteroatoms. The average molecular weight is 485 g/mol. The summed E-state index contributed by atoms with van der Waals surface area (Å²) in [6, 6.07) is 4.86. The van der Waals surface area contributed by atoms with Crippen molar-refractivity contribution in [3.05, 3.63) is 40.3 Å². The number of rotatable bonds is 6. The predicted molar refractivity (Wildman–Crippen MR) is 126 cm³/mol. The summed E-state index contributed by atoms with van der Waals surface area (Å²) in [5, 5.41) is 7.44. The third kappa shape index (κ3) is 5.07. The number of hydrogen-bond donors (Lipinski definition) is 2. The van der Waals surface area contributed by atoms with Gasteiger partial charge in [-0.05, 0) is 49.8 Å². The van der Waals surface area contributed by atoms with Crippen molar-refractivity contribution in [2.45, 2.75) is 50.4 Å². The summed E-state index contributed by atoms with van der Waals surface area (Å²) >= 11 is 1.34. The molecule has 180 valence electrons. The fourth-order valence-corrected chi connectivity index (χ4v) is 5.02. The summed E-state index contributed by atoms with van der Waals surface area (Å²) in [6.07, 6.45) is 3.65. The summed E-state index contributed by atoms with van der Waals surface area (Å²) < 4.78 is 12.2. The SMILES string of the molecule is CN1C(=O)c2cc(NC(=O)c3cscn3)ccc2OC[C@@H]2O[C@H](CC(=O)NCC3CC3)CC[C@H]21. The van der Waals surface area contributed by atoms with Crippen molar-refractivity contribution in [1.82, 2.24) is 15.2 Å². The summed E-state index contributed by atoms with van der Waals surface area (Å²) in [4.78, 5) is 43.7. The van der Waals surface area contributed by atoms with Gasteiger partial charge in [-0.15, -0.1) is 11.3 Å². The van der Waals surface area contributed by atoms with Crippen LogP contribution in [0.15, 0.2) is 29.1 Å². The minimum Gasteiger partial charge on any atom is -0.490 e. The highest BCUT2D eigenvalue weighted by atomic mass is 32.1. The number of fused-ring (bicyclic) bond motifs is 2. The number of carbonyl (C=O) groups excluding carboxylic acids is 3. The fourth-order valence-electron chi connectivity index (χ4n) is 4.48. The number of likely N-dealkylation sites (N-methyl/N-ethyl adjacent to an activating group) is 1. The highest BCUT2D eigenvalue weighted by Gasteiger charge is 2.39. The Bertz CT molecular complexity index is 1070. The van der Waals surface area contributed by atoms with Crippen molar-refractivity contribution < 1.29 is 23.9 Å². The van der Waals surface area contributed by atoms with Crippen molar-refractivity contribution in [2.75, 3.05) is 25.5 Å². The van der Waals surface area contributed by atoms with E-state index in [9.17, 15) is 14.4 Å². The second-order valence-electron chi connectivity index (χ2n) is 9.16. The van der Waals surface area contributed by atoms with Crippen LogP contribution in [0.4, 0.5) is 5.69 Å². The lowest BCUT2D eigenvalue weighted by molar-refractivity contribution is -0.134. The van der Waals surface area contributed by atoms with Crippen LogP contribution in [0.2, 0.25) is 0 Å². The Balaban J connectivity index is 1.25. The van der Waals surface area contributed by atoms with Gasteiger partial charge in [0.2, 0.25) is 5.91 Å². The van der Waals surface area contributed by atoms with Crippen molar-refractivity contribution in [1.29, 1.82) is 0 Å². The van der Waals surface area contributed by atoms with E-state index < -0.39 is 0 Å². The van der Waals surface area contributed by atoms with Crippen LogP contribution in [-0.2, 0) is 9.53 Å². The monoisotopic (exact) mass is 484 g/mol. The van der Waals surface area contributed by atoms with E-state index in [1.165, 1.54) is 24.2 Å². The second-order valence-corrected chi connectivity index (χ2v) is 9.88. The fraction of sp³-hybridized carbons (Fsp3) is 0.500. The van der Waals surface area contributed by atoms with Gasteiger partial charge in [-0.25, -0.2) is 4.98 Å². The minimum absolute atomic E-state index is 0.0177. The Hall–Kier alpha value is -2.98. The first-order chi connectivity index (χ1) is 16.5. The highest BCUT2D eigenvalue weighted by Crippen LogP contribution is 2.33. The minimum atomic E-state index is -0.332. The van der Waals surface area contributed by atoms with Gasteiger partial charge in [0.25, 0.3) is 11.8 Å². The van der Waals surface area contributed by atoms with E-state index in [-0.39, 0.29) is 42.6 Å². The van der Waals surface area contributed by atoms with E-state index in [1.807, 2.05) is 0 Å². The second kappa shape index (κ2) is 9.71. The molecular formula is C24H28N4O5S. The first-order valence-corrected chi connectivity index (χ1v) is 12.6. The van der Waals surface area contributed by atoms with Gasteiger partial charge < -0.3 is 25.0 Å². The molecule has 3 atom stereocenters. The predicted octanol–water partition coefficient (Wildman–Crippen LogP) is 2.69. The molecule has 3 heterocycles. The van der Waals surface area contributed by atoms with Gasteiger partial charge in [-0.2, -0.15) is 0 Å². The molecule has 9 nitrogen and oxygen atoms in total. The molecule has 1 aliphatic carbocycles. The van der Waals surface area contributed by atoms with Crippen LogP contribution in [-0.4, -0.2) is 66.1 Å². The zero-order valence-corrected chi connectivity index (χ0v) is 19.8. The Kier molecular flexibility index (Phi) is 6.51. The largest absolute Gasteiger partial charge is 0.490 e. The molecule has 0 radical (unpaired) electrons. The molecule has 1 aromatic carbocycles. The van der Waals surface area contributed by atoms with Crippen LogP contribution >= 0.6 is 11.3 Å². The maximum absolute atomic E-state index is 13.3. The number of thiazole rings is 1. The van der Waals surface area contributed by atoms with Crippen molar-refractivity contribution >= 4 is 34.7 Å². The zero-order valence-electron chi connectivity index (χ0n) is 19.0. The zero-order chi connectivity index (χ0) is 23.7. The van der Waals surface area contributed by atoms with E-state index in [1.54, 1.807) is 41.0 Å². The van der Waals surface area contributed by atoms with Crippen LogP contribution in [0.3, 0.4) is 0 Å². The summed E-state index contributed by atoms with van der Waals surface area (Å²) in [7, 11) is 1.77. The lowest BCUT2D eigenvalue weighted by Crippen LogP contribution is -2.54. The molecule has 2 aromatic rings. The van der Waals surface area contributed by atoms with Gasteiger partial charge in [-0.3, -0.25) is 14.4 Å². The number of ether oxygens (including phenoxy) is 2. The van der Waals surface area contributed by atoms with E-state index in [0.29, 0.717) is 41.5 Å². The molecule has 0 spiro atoms. The first kappa shape index (κ1) is 22.8. The van der Waals surface area contributed by atoms with Gasteiger partial charge in [0.15, 0.2) is 0 Å². The smallest absolute Gasteiger partial charge is 0.275 e. The molecule has 1 saturated carbocycles. The Labute approximate surface area is 201 Å². The molecule has 1 aromatic heterocycles. The Morgan fingerprint density at radius 2 is 2.09 bits per heavy atom. The van der Waals surface area contributed by atoms with Crippen molar-refractivity contribution in [3.63, 3.8) is 0 Å². The molecule has 5 rings (SSSR count). The third-order valence-corrected chi connectivity index (χ3v) is 7.22. The molecule has 2 N–H and O–H groups in total. The van der Waals surface area contributed by atoms with Crippen LogP contribution in [0.1, 0.15) is 53.0 Å². The number of aromatic nitrogens is 1. The number of carbonyl (C=O) groups is 3. The topological polar surface area (TPSA) is 110 Å². The summed E-state index contributed by atoms with van der Waals surface area (Å²) in [6.45, 7) is 1.03. The lowest BCUT2D eigenvalue weighted by atomic mass is 9.94. The quantitative estimate of drug-likeness (QED) is 0.653. The Morgan fingerprint density at radius 3 is 2.85 bits per heavy atom. The van der Waals surface area contributed by atoms with Gasteiger partial charge >= 0.3 is 0 Å². The molecule has 3 aliphatic rings. The number of anilines is 1.